The van der Waals surface area contributed by atoms with Gasteiger partial charge in [-0.25, -0.2) is 4.31 Å². The Balaban J connectivity index is 2.53. The van der Waals surface area contributed by atoms with Crippen molar-refractivity contribution in [3.05, 3.63) is 64.2 Å². The fraction of sp³-hybridized carbons (Fsp3) is 0.440. The molecular weight excluding hydrogens is 488 g/mol. The van der Waals surface area contributed by atoms with Gasteiger partial charge in [-0.3, -0.25) is 9.59 Å². The van der Waals surface area contributed by atoms with Gasteiger partial charge in [-0.2, -0.15) is 12.7 Å². The van der Waals surface area contributed by atoms with E-state index in [2.05, 4.69) is 5.32 Å². The minimum absolute atomic E-state index is 0.0494. The van der Waals surface area contributed by atoms with Gasteiger partial charge in [-0.05, 0) is 63.4 Å². The molecule has 35 heavy (non-hydrogen) atoms. The molecule has 2 aromatic carbocycles. The van der Waals surface area contributed by atoms with Gasteiger partial charge in [0, 0.05) is 31.7 Å². The number of benzene rings is 2. The fourth-order valence-corrected chi connectivity index (χ4v) is 4.80. The van der Waals surface area contributed by atoms with Gasteiger partial charge in [0.2, 0.25) is 11.8 Å². The summed E-state index contributed by atoms with van der Waals surface area (Å²) in [6, 6.07) is 11.5. The van der Waals surface area contributed by atoms with Gasteiger partial charge in [-0.1, -0.05) is 41.9 Å². The molecule has 0 aliphatic carbocycles. The molecule has 0 saturated heterocycles. The number of nitrogens with one attached hydrogen (secondary N) is 1. The van der Waals surface area contributed by atoms with Crippen LogP contribution in [0.15, 0.2) is 42.5 Å². The number of anilines is 1. The number of carbonyl (C=O) groups excluding carboxylic acids is 2. The highest BCUT2D eigenvalue weighted by Gasteiger charge is 2.33. The molecule has 2 rings (SSSR count). The van der Waals surface area contributed by atoms with Crippen molar-refractivity contribution in [3.63, 3.8) is 0 Å². The fourth-order valence-electron chi connectivity index (χ4n) is 3.49. The Morgan fingerprint density at radius 1 is 1.03 bits per heavy atom. The molecule has 10 heteroatoms. The van der Waals surface area contributed by atoms with Crippen molar-refractivity contribution in [2.45, 2.75) is 53.2 Å². The number of hydrogen-bond acceptors (Lipinski definition) is 4. The summed E-state index contributed by atoms with van der Waals surface area (Å²) in [4.78, 5) is 27.9. The molecule has 0 saturated carbocycles. The summed E-state index contributed by atoms with van der Waals surface area (Å²) in [6.07, 6.45) is 0. The number of halogens is 1. The van der Waals surface area contributed by atoms with Crippen molar-refractivity contribution in [1.82, 2.24) is 14.5 Å². The minimum Gasteiger partial charge on any atom is -0.352 e. The number of nitrogens with zero attached hydrogens (tertiary/aromatic N) is 3. The molecule has 2 aromatic rings. The van der Waals surface area contributed by atoms with E-state index in [0.717, 1.165) is 14.2 Å². The highest BCUT2D eigenvalue weighted by Crippen LogP contribution is 2.26. The van der Waals surface area contributed by atoms with Crippen molar-refractivity contribution in [2.24, 2.45) is 0 Å². The lowest BCUT2D eigenvalue weighted by Crippen LogP contribution is -2.53. The van der Waals surface area contributed by atoms with E-state index >= 15 is 0 Å². The van der Waals surface area contributed by atoms with Crippen molar-refractivity contribution >= 4 is 39.3 Å². The Kier molecular flexibility index (Phi) is 9.71. The SMILES string of the molecule is Cc1ccc(C)c(N(CC(=O)N(Cc2ccccc2Cl)[C@@H](C)C(=O)NC(C)C)S(=O)(=O)N(C)C)c1. The maximum absolute atomic E-state index is 13.7. The van der Waals surface area contributed by atoms with Crippen LogP contribution in [0.3, 0.4) is 0 Å². The Morgan fingerprint density at radius 3 is 2.23 bits per heavy atom. The van der Waals surface area contributed by atoms with E-state index in [1.165, 1.54) is 19.0 Å². The summed E-state index contributed by atoms with van der Waals surface area (Å²) in [5, 5.41) is 3.28. The van der Waals surface area contributed by atoms with E-state index in [-0.39, 0.29) is 18.5 Å². The molecule has 2 amide bonds. The van der Waals surface area contributed by atoms with E-state index in [9.17, 15) is 18.0 Å². The van der Waals surface area contributed by atoms with Crippen LogP contribution in [0.5, 0.6) is 0 Å². The summed E-state index contributed by atoms with van der Waals surface area (Å²) < 4.78 is 28.7. The molecule has 0 unspecified atom stereocenters. The smallest absolute Gasteiger partial charge is 0.304 e. The Morgan fingerprint density at radius 2 is 1.66 bits per heavy atom. The number of rotatable bonds is 10. The van der Waals surface area contributed by atoms with Gasteiger partial charge in [0.05, 0.1) is 5.69 Å². The Labute approximate surface area is 214 Å². The quantitative estimate of drug-likeness (QED) is 0.517. The summed E-state index contributed by atoms with van der Waals surface area (Å²) in [5.41, 5.74) is 2.62. The average molecular weight is 523 g/mol. The zero-order chi connectivity index (χ0) is 26.5. The predicted octanol–water partition coefficient (Wildman–Crippen LogP) is 3.51. The second-order valence-corrected chi connectivity index (χ2v) is 11.5. The largest absolute Gasteiger partial charge is 0.352 e. The van der Waals surface area contributed by atoms with Crippen LogP contribution in [0.1, 0.15) is 37.5 Å². The summed E-state index contributed by atoms with van der Waals surface area (Å²) in [6.45, 7) is 8.50. The third kappa shape index (κ3) is 7.19. The first-order valence-corrected chi connectivity index (χ1v) is 13.1. The van der Waals surface area contributed by atoms with Crippen LogP contribution in [0.4, 0.5) is 5.69 Å². The molecule has 0 aliphatic heterocycles. The topological polar surface area (TPSA) is 90.0 Å². The molecule has 0 aliphatic rings. The summed E-state index contributed by atoms with van der Waals surface area (Å²) >= 11 is 6.34. The molecule has 0 spiro atoms. The average Bonchev–Trinajstić information content (AvgIpc) is 2.77. The van der Waals surface area contributed by atoms with Gasteiger partial charge >= 0.3 is 10.2 Å². The first kappa shape index (κ1) is 28.6. The third-order valence-corrected chi connectivity index (χ3v) is 7.72. The van der Waals surface area contributed by atoms with Crippen LogP contribution in [0, 0.1) is 13.8 Å². The maximum Gasteiger partial charge on any atom is 0.304 e. The lowest BCUT2D eigenvalue weighted by molar-refractivity contribution is -0.139. The Bertz CT molecular complexity index is 1170. The minimum atomic E-state index is -4.01. The highest BCUT2D eigenvalue weighted by molar-refractivity contribution is 7.90. The molecular formula is C25H35ClN4O4S. The number of hydrogen-bond donors (Lipinski definition) is 1. The van der Waals surface area contributed by atoms with E-state index in [1.54, 1.807) is 44.2 Å². The third-order valence-electron chi connectivity index (χ3n) is 5.55. The lowest BCUT2D eigenvalue weighted by atomic mass is 10.1. The van der Waals surface area contributed by atoms with Gasteiger partial charge < -0.3 is 10.2 Å². The number of aryl methyl sites for hydroxylation is 2. The van der Waals surface area contributed by atoms with Crippen LogP contribution in [0.2, 0.25) is 5.02 Å². The van der Waals surface area contributed by atoms with Gasteiger partial charge in [-0.15, -0.1) is 0 Å². The van der Waals surface area contributed by atoms with E-state index < -0.39 is 28.7 Å². The Hall–Kier alpha value is -2.62. The first-order chi connectivity index (χ1) is 16.2. The molecule has 0 heterocycles. The van der Waals surface area contributed by atoms with Crippen molar-refractivity contribution in [1.29, 1.82) is 0 Å². The van der Waals surface area contributed by atoms with E-state index in [0.29, 0.717) is 21.8 Å². The zero-order valence-electron chi connectivity index (χ0n) is 21.4. The second kappa shape index (κ2) is 11.9. The normalized spacial score (nSPS) is 12.5. The van der Waals surface area contributed by atoms with Gasteiger partial charge in [0.25, 0.3) is 0 Å². The molecule has 0 radical (unpaired) electrons. The number of carbonyl (C=O) groups is 2. The molecule has 1 N–H and O–H groups in total. The molecule has 192 valence electrons. The predicted molar refractivity (Wildman–Crippen MR) is 141 cm³/mol. The zero-order valence-corrected chi connectivity index (χ0v) is 22.9. The van der Waals surface area contributed by atoms with Crippen molar-refractivity contribution in [2.75, 3.05) is 24.9 Å². The van der Waals surface area contributed by atoms with Gasteiger partial charge in [0.15, 0.2) is 0 Å². The maximum atomic E-state index is 13.7. The number of amides is 2. The molecule has 0 fully saturated rings. The van der Waals surface area contributed by atoms with E-state index in [4.69, 9.17) is 11.6 Å². The summed E-state index contributed by atoms with van der Waals surface area (Å²) in [7, 11) is -1.18. The van der Waals surface area contributed by atoms with Crippen molar-refractivity contribution in [3.8, 4) is 0 Å². The molecule has 8 nitrogen and oxygen atoms in total. The van der Waals surface area contributed by atoms with Gasteiger partial charge in [0.1, 0.15) is 12.6 Å². The second-order valence-electron chi connectivity index (χ2n) is 9.04. The van der Waals surface area contributed by atoms with Crippen LogP contribution in [-0.4, -0.2) is 62.2 Å². The first-order valence-electron chi connectivity index (χ1n) is 11.4. The lowest BCUT2D eigenvalue weighted by Gasteiger charge is -2.33. The van der Waals surface area contributed by atoms with Crippen LogP contribution in [-0.2, 0) is 26.3 Å². The standard InChI is InChI=1S/C25H35ClN4O4S/c1-17(2)27-25(32)20(5)29(15-21-10-8-9-11-22(21)26)24(31)16-30(35(33,34)28(6)7)23-14-18(3)12-13-19(23)4/h8-14,17,20H,15-16H2,1-7H3,(H,27,32)/t20-/m0/s1. The van der Waals surface area contributed by atoms with Crippen molar-refractivity contribution < 1.29 is 18.0 Å². The summed E-state index contributed by atoms with van der Waals surface area (Å²) in [5.74, 6) is -0.864. The molecule has 0 aromatic heterocycles. The highest BCUT2D eigenvalue weighted by atomic mass is 35.5. The van der Waals surface area contributed by atoms with Crippen LogP contribution < -0.4 is 9.62 Å². The molecule has 1 atom stereocenters. The van der Waals surface area contributed by atoms with Crippen LogP contribution >= 0.6 is 11.6 Å². The monoisotopic (exact) mass is 522 g/mol. The molecule has 0 bridgehead atoms. The van der Waals surface area contributed by atoms with Crippen LogP contribution in [0.25, 0.3) is 0 Å². The van der Waals surface area contributed by atoms with E-state index in [1.807, 2.05) is 32.9 Å².